The molecule has 1 aliphatic heterocycles. The second-order valence-electron chi connectivity index (χ2n) is 5.87. The van der Waals surface area contributed by atoms with Crippen molar-refractivity contribution in [3.8, 4) is 0 Å². The summed E-state index contributed by atoms with van der Waals surface area (Å²) < 4.78 is 14.3. The van der Waals surface area contributed by atoms with E-state index in [2.05, 4.69) is 20.8 Å². The van der Waals surface area contributed by atoms with E-state index in [4.69, 9.17) is 0 Å². The Labute approximate surface area is 123 Å². The highest BCUT2D eigenvalue weighted by atomic mass is 79.9. The minimum absolute atomic E-state index is 0.0526. The summed E-state index contributed by atoms with van der Waals surface area (Å²) in [7, 11) is 0. The zero-order chi connectivity index (χ0) is 13.2. The fourth-order valence-corrected chi connectivity index (χ4v) is 4.14. The summed E-state index contributed by atoms with van der Waals surface area (Å²) in [5, 5.41) is 0.719. The van der Waals surface area contributed by atoms with Gasteiger partial charge in [-0.3, -0.25) is 0 Å². The Kier molecular flexibility index (Phi) is 4.11. The summed E-state index contributed by atoms with van der Waals surface area (Å²) in [5.74, 6) is 0.737. The highest BCUT2D eigenvalue weighted by Crippen LogP contribution is 2.38. The van der Waals surface area contributed by atoms with Gasteiger partial charge in [-0.15, -0.1) is 0 Å². The van der Waals surface area contributed by atoms with E-state index in [-0.39, 0.29) is 5.82 Å². The Bertz CT molecular complexity index is 446. The number of nitrogens with zero attached hydrogens (tertiary/aromatic N) is 1. The molecule has 0 unspecified atom stereocenters. The van der Waals surface area contributed by atoms with Crippen LogP contribution in [0.25, 0.3) is 0 Å². The summed E-state index contributed by atoms with van der Waals surface area (Å²) in [6, 6.07) is 6.27. The van der Waals surface area contributed by atoms with Crippen LogP contribution in [0.5, 0.6) is 0 Å². The van der Waals surface area contributed by atoms with Gasteiger partial charge in [0.05, 0.1) is 5.69 Å². The number of rotatable bonds is 2. The zero-order valence-corrected chi connectivity index (χ0v) is 12.8. The van der Waals surface area contributed by atoms with Crippen LogP contribution in [0.15, 0.2) is 18.2 Å². The smallest absolute Gasteiger partial charge is 0.146 e. The molecule has 0 aromatic heterocycles. The number of hydrogen-bond donors (Lipinski definition) is 0. The third-order valence-electron chi connectivity index (χ3n) is 4.72. The molecule has 1 aromatic rings. The van der Waals surface area contributed by atoms with Crippen molar-refractivity contribution in [1.82, 2.24) is 0 Å². The van der Waals surface area contributed by atoms with Gasteiger partial charge in [0.15, 0.2) is 0 Å². The molecule has 1 nitrogen and oxygen atoms in total. The standard InChI is InChI=1S/C16H21BrFN/c17-11-12-7-8-16(14(18)10-12)19-9-3-5-13-4-1-2-6-15(13)19/h7-8,10,13,15H,1-6,9,11H2/t13-,15-/m1/s1. The van der Waals surface area contributed by atoms with Crippen molar-refractivity contribution < 1.29 is 4.39 Å². The fourth-order valence-electron chi connectivity index (χ4n) is 3.79. The first-order chi connectivity index (χ1) is 9.29. The van der Waals surface area contributed by atoms with E-state index in [9.17, 15) is 4.39 Å². The molecule has 0 spiro atoms. The number of fused-ring (bicyclic) bond motifs is 1. The van der Waals surface area contributed by atoms with Crippen molar-refractivity contribution >= 4 is 21.6 Å². The predicted octanol–water partition coefficient (Wildman–Crippen LogP) is 4.88. The molecule has 3 heteroatoms. The van der Waals surface area contributed by atoms with Gasteiger partial charge in [0.25, 0.3) is 0 Å². The maximum atomic E-state index is 14.3. The lowest BCUT2D eigenvalue weighted by molar-refractivity contribution is 0.242. The van der Waals surface area contributed by atoms with Crippen LogP contribution in [0.4, 0.5) is 10.1 Å². The van der Waals surface area contributed by atoms with Gasteiger partial charge in [0.1, 0.15) is 5.82 Å². The predicted molar refractivity (Wildman–Crippen MR) is 81.4 cm³/mol. The summed E-state index contributed by atoms with van der Waals surface area (Å²) in [6.07, 6.45) is 7.79. The Hall–Kier alpha value is -0.570. The molecule has 1 aromatic carbocycles. The highest BCUT2D eigenvalue weighted by molar-refractivity contribution is 9.08. The van der Waals surface area contributed by atoms with Gasteiger partial charge in [-0.25, -0.2) is 4.39 Å². The van der Waals surface area contributed by atoms with Gasteiger partial charge in [0.2, 0.25) is 0 Å². The Balaban J connectivity index is 1.87. The van der Waals surface area contributed by atoms with E-state index < -0.39 is 0 Å². The van der Waals surface area contributed by atoms with Crippen molar-refractivity contribution in [2.45, 2.75) is 49.9 Å². The van der Waals surface area contributed by atoms with Crippen molar-refractivity contribution in [2.75, 3.05) is 11.4 Å². The molecule has 2 aliphatic rings. The molecule has 2 atom stereocenters. The van der Waals surface area contributed by atoms with Gasteiger partial charge < -0.3 is 4.90 Å². The maximum Gasteiger partial charge on any atom is 0.146 e. The van der Waals surface area contributed by atoms with Gasteiger partial charge >= 0.3 is 0 Å². The number of anilines is 1. The second-order valence-corrected chi connectivity index (χ2v) is 6.43. The number of halogens is 2. The Morgan fingerprint density at radius 2 is 1.95 bits per heavy atom. The van der Waals surface area contributed by atoms with E-state index in [0.29, 0.717) is 6.04 Å². The SMILES string of the molecule is Fc1cc(CBr)ccc1N1CCC[C@H]2CCCC[C@H]21. The first-order valence-corrected chi connectivity index (χ1v) is 8.53. The van der Waals surface area contributed by atoms with Gasteiger partial charge in [0, 0.05) is 17.9 Å². The molecule has 19 heavy (non-hydrogen) atoms. The van der Waals surface area contributed by atoms with Crippen molar-refractivity contribution in [2.24, 2.45) is 5.92 Å². The van der Waals surface area contributed by atoms with Crippen LogP contribution < -0.4 is 4.90 Å². The van der Waals surface area contributed by atoms with Crippen LogP contribution in [0, 0.1) is 11.7 Å². The number of hydrogen-bond acceptors (Lipinski definition) is 1. The Morgan fingerprint density at radius 1 is 1.16 bits per heavy atom. The monoisotopic (exact) mass is 325 g/mol. The van der Waals surface area contributed by atoms with Crippen LogP contribution >= 0.6 is 15.9 Å². The highest BCUT2D eigenvalue weighted by Gasteiger charge is 2.34. The molecule has 2 fully saturated rings. The second kappa shape index (κ2) is 5.82. The number of alkyl halides is 1. The summed E-state index contributed by atoms with van der Waals surface area (Å²) in [5.41, 5.74) is 1.83. The molecule has 1 saturated carbocycles. The van der Waals surface area contributed by atoms with Gasteiger partial charge in [-0.1, -0.05) is 34.8 Å². The van der Waals surface area contributed by atoms with E-state index in [1.54, 1.807) is 6.07 Å². The van der Waals surface area contributed by atoms with Crippen molar-refractivity contribution in [1.29, 1.82) is 0 Å². The third kappa shape index (κ3) is 2.67. The van der Waals surface area contributed by atoms with Crippen LogP contribution in [0.3, 0.4) is 0 Å². The molecule has 104 valence electrons. The molecular formula is C16H21BrFN. The first-order valence-electron chi connectivity index (χ1n) is 7.40. The third-order valence-corrected chi connectivity index (χ3v) is 5.37. The lowest BCUT2D eigenvalue weighted by Crippen LogP contribution is -2.47. The number of benzene rings is 1. The fraction of sp³-hybridized carbons (Fsp3) is 0.625. The first kappa shape index (κ1) is 13.4. The molecule has 0 amide bonds. The average molecular weight is 326 g/mol. The molecular weight excluding hydrogens is 305 g/mol. The maximum absolute atomic E-state index is 14.3. The van der Waals surface area contributed by atoms with Crippen LogP contribution in [-0.2, 0) is 5.33 Å². The van der Waals surface area contributed by atoms with Crippen molar-refractivity contribution in [3.63, 3.8) is 0 Å². The molecule has 3 rings (SSSR count). The van der Waals surface area contributed by atoms with Crippen LogP contribution in [0.1, 0.15) is 44.1 Å². The summed E-state index contributed by atoms with van der Waals surface area (Å²) in [4.78, 5) is 2.35. The zero-order valence-electron chi connectivity index (χ0n) is 11.2. The van der Waals surface area contributed by atoms with Crippen molar-refractivity contribution in [3.05, 3.63) is 29.6 Å². The summed E-state index contributed by atoms with van der Waals surface area (Å²) >= 11 is 3.39. The van der Waals surface area contributed by atoms with E-state index in [1.165, 1.54) is 38.5 Å². The molecule has 1 aliphatic carbocycles. The van der Waals surface area contributed by atoms with Crippen LogP contribution in [-0.4, -0.2) is 12.6 Å². The minimum Gasteiger partial charge on any atom is -0.366 e. The van der Waals surface area contributed by atoms with Gasteiger partial charge in [-0.05, 0) is 49.3 Å². The minimum atomic E-state index is -0.0526. The topological polar surface area (TPSA) is 3.24 Å². The summed E-state index contributed by atoms with van der Waals surface area (Å²) in [6.45, 7) is 1.02. The molecule has 0 N–H and O–H groups in total. The number of piperidine rings is 1. The molecule has 1 heterocycles. The lowest BCUT2D eigenvalue weighted by Gasteiger charge is -2.45. The van der Waals surface area contributed by atoms with Crippen LogP contribution in [0.2, 0.25) is 0 Å². The van der Waals surface area contributed by atoms with E-state index in [1.807, 2.05) is 12.1 Å². The quantitative estimate of drug-likeness (QED) is 0.700. The Morgan fingerprint density at radius 3 is 2.74 bits per heavy atom. The molecule has 0 bridgehead atoms. The molecule has 0 radical (unpaired) electrons. The largest absolute Gasteiger partial charge is 0.366 e. The van der Waals surface area contributed by atoms with E-state index in [0.717, 1.165) is 29.0 Å². The van der Waals surface area contributed by atoms with Gasteiger partial charge in [-0.2, -0.15) is 0 Å². The van der Waals surface area contributed by atoms with E-state index >= 15 is 0 Å². The average Bonchev–Trinajstić information content (AvgIpc) is 2.46. The normalized spacial score (nSPS) is 27.2. The molecule has 1 saturated heterocycles. The lowest BCUT2D eigenvalue weighted by atomic mass is 9.78.